The molecule has 0 aliphatic heterocycles. The van der Waals surface area contributed by atoms with Crippen molar-refractivity contribution in [1.82, 2.24) is 0 Å². The summed E-state index contributed by atoms with van der Waals surface area (Å²) in [7, 11) is 0. The summed E-state index contributed by atoms with van der Waals surface area (Å²) in [5.74, 6) is 0. The summed E-state index contributed by atoms with van der Waals surface area (Å²) in [5.41, 5.74) is -2.11. The van der Waals surface area contributed by atoms with Crippen LogP contribution in [0.25, 0.3) is 0 Å². The average molecular weight is 254 g/mol. The molecule has 0 aliphatic rings. The molecule has 0 aromatic carbocycles. The number of hydrogen-bond donors (Lipinski definition) is 0. The Morgan fingerprint density at radius 3 is 1.36 bits per heavy atom. The Hall–Kier alpha value is 0.930. The van der Waals surface area contributed by atoms with E-state index in [0.717, 1.165) is 6.16 Å². The van der Waals surface area contributed by atoms with E-state index in [1.54, 1.807) is 22.8 Å². The van der Waals surface area contributed by atoms with Crippen LogP contribution >= 0.6 is 28.3 Å². The van der Waals surface area contributed by atoms with Crippen molar-refractivity contribution in [3.8, 4) is 0 Å². The van der Waals surface area contributed by atoms with Gasteiger partial charge >= 0.3 is 0 Å². The molecule has 0 rings (SSSR count). The van der Waals surface area contributed by atoms with Crippen molar-refractivity contribution in [2.75, 3.05) is 6.16 Å². The molecule has 1 nitrogen and oxygen atoms in total. The first-order chi connectivity index (χ1) is 5.97. The van der Waals surface area contributed by atoms with E-state index in [2.05, 4.69) is 41.5 Å². The lowest BCUT2D eigenvalue weighted by atomic mass is 10.3. The molecule has 0 N–H and O–H groups in total. The van der Waals surface area contributed by atoms with Gasteiger partial charge in [-0.1, -0.05) is 71.2 Å². The molecule has 0 bridgehead atoms. The van der Waals surface area contributed by atoms with Gasteiger partial charge in [-0.3, -0.25) is 0 Å². The molecule has 0 aromatic rings. The molecular weight excluding hydrogens is 231 g/mol. The van der Waals surface area contributed by atoms with Crippen LogP contribution in [0.15, 0.2) is 0 Å². The van der Waals surface area contributed by atoms with Gasteiger partial charge in [0.1, 0.15) is 0 Å². The van der Waals surface area contributed by atoms with Crippen LogP contribution in [0.2, 0.25) is 0 Å². The maximum absolute atomic E-state index is 12.5. The molecule has 0 aliphatic carbocycles. The maximum Gasteiger partial charge on any atom is 0.191 e. The molecule has 0 radical (unpaired) electrons. The summed E-state index contributed by atoms with van der Waals surface area (Å²) in [6.45, 7) is 14.8. The molecule has 0 atom stereocenters. The Morgan fingerprint density at radius 1 is 0.929 bits per heavy atom. The fraction of sp³-hybridized carbons (Fsp3) is 1.00. The van der Waals surface area contributed by atoms with Crippen LogP contribution < -0.4 is 0 Å². The summed E-state index contributed by atoms with van der Waals surface area (Å²) in [6, 6.07) is 0. The Bertz CT molecular complexity index is 205. The van der Waals surface area contributed by atoms with Crippen molar-refractivity contribution in [3.63, 3.8) is 0 Å². The highest BCUT2D eigenvalue weighted by atomic mass is 33.1. The minimum Gasteiger partial charge on any atom is -0.300 e. The van der Waals surface area contributed by atoms with Gasteiger partial charge in [0.15, 0.2) is 5.55 Å². The van der Waals surface area contributed by atoms with Gasteiger partial charge in [0.05, 0.1) is 0 Å². The highest BCUT2D eigenvalue weighted by molar-refractivity contribution is 8.91. The smallest absolute Gasteiger partial charge is 0.191 e. The van der Waals surface area contributed by atoms with E-state index in [1.807, 2.05) is 6.92 Å². The normalized spacial score (nSPS) is 14.5. The van der Waals surface area contributed by atoms with Crippen LogP contribution in [0.5, 0.6) is 0 Å². The van der Waals surface area contributed by atoms with Gasteiger partial charge in [-0.25, -0.2) is 0 Å². The van der Waals surface area contributed by atoms with Crippen LogP contribution in [-0.2, 0) is 4.57 Å². The molecule has 0 unspecified atom stereocenters. The molecule has 14 heavy (non-hydrogen) atoms. The molecule has 0 fully saturated rings. The summed E-state index contributed by atoms with van der Waals surface area (Å²) >= 11 is 3.30. The minimum atomic E-state index is -2.11. The first-order valence-corrected chi connectivity index (χ1v) is 9.71. The van der Waals surface area contributed by atoms with Crippen LogP contribution in [0.3, 0.4) is 0 Å². The van der Waals surface area contributed by atoms with Crippen molar-refractivity contribution in [2.24, 2.45) is 0 Å². The van der Waals surface area contributed by atoms with Crippen LogP contribution in [0.4, 0.5) is 0 Å². The second kappa shape index (κ2) is 4.84. The van der Waals surface area contributed by atoms with Crippen molar-refractivity contribution < 1.29 is 4.57 Å². The van der Waals surface area contributed by atoms with Crippen molar-refractivity contribution >= 4 is 28.3 Å². The lowest BCUT2D eigenvalue weighted by molar-refractivity contribution is 0.593. The minimum absolute atomic E-state index is 0.0871. The van der Waals surface area contributed by atoms with Gasteiger partial charge in [0.2, 0.25) is 0 Å². The summed E-state index contributed by atoms with van der Waals surface area (Å²) < 4.78 is 12.7. The second-order valence-corrected chi connectivity index (χ2v) is 15.3. The van der Waals surface area contributed by atoms with E-state index >= 15 is 0 Å². The van der Waals surface area contributed by atoms with Gasteiger partial charge in [0, 0.05) is 15.7 Å². The molecule has 0 heterocycles. The quantitative estimate of drug-likeness (QED) is 0.639. The highest BCUT2D eigenvalue weighted by Crippen LogP contribution is 2.74. The monoisotopic (exact) mass is 254 g/mol. The zero-order chi connectivity index (χ0) is 11.6. The average Bonchev–Trinajstić information content (AvgIpc) is 1.78. The predicted molar refractivity (Wildman–Crippen MR) is 72.8 cm³/mol. The molecule has 4 heteroatoms. The second-order valence-electron chi connectivity index (χ2n) is 5.33. The Labute approximate surface area is 97.1 Å². The van der Waals surface area contributed by atoms with Gasteiger partial charge in [0.25, 0.3) is 0 Å². The zero-order valence-electron chi connectivity index (χ0n) is 10.4. The SMILES string of the molecule is CCP(=O)(SC(C)(C)C)SC(C)(C)C. The van der Waals surface area contributed by atoms with Crippen LogP contribution in [0, 0.1) is 0 Å². The van der Waals surface area contributed by atoms with E-state index < -0.39 is 5.55 Å². The van der Waals surface area contributed by atoms with E-state index in [-0.39, 0.29) is 9.49 Å². The van der Waals surface area contributed by atoms with Crippen molar-refractivity contribution in [2.45, 2.75) is 58.0 Å². The summed E-state index contributed by atoms with van der Waals surface area (Å²) in [6.07, 6.45) is 0.775. The molecule has 0 amide bonds. The number of hydrogen-bond acceptors (Lipinski definition) is 3. The first-order valence-electron chi connectivity index (χ1n) is 4.98. The zero-order valence-corrected chi connectivity index (χ0v) is 12.9. The fourth-order valence-electron chi connectivity index (χ4n) is 0.982. The summed E-state index contributed by atoms with van der Waals surface area (Å²) in [5, 5.41) is 0. The third-order valence-electron chi connectivity index (χ3n) is 1.21. The van der Waals surface area contributed by atoms with E-state index in [4.69, 9.17) is 0 Å². The van der Waals surface area contributed by atoms with Crippen molar-refractivity contribution in [3.05, 3.63) is 0 Å². The third-order valence-corrected chi connectivity index (χ3v) is 11.5. The molecule has 86 valence electrons. The largest absolute Gasteiger partial charge is 0.300 e. The van der Waals surface area contributed by atoms with Crippen molar-refractivity contribution in [1.29, 1.82) is 0 Å². The molecule has 0 aromatic heterocycles. The van der Waals surface area contributed by atoms with Gasteiger partial charge in [-0.05, 0) is 0 Å². The molecule has 0 spiro atoms. The maximum atomic E-state index is 12.5. The third kappa shape index (κ3) is 7.25. The summed E-state index contributed by atoms with van der Waals surface area (Å²) in [4.78, 5) is 0. The van der Waals surface area contributed by atoms with E-state index in [0.29, 0.717) is 0 Å². The fourth-order valence-corrected chi connectivity index (χ4v) is 13.2. The van der Waals surface area contributed by atoms with Crippen LogP contribution in [-0.4, -0.2) is 15.7 Å². The lowest BCUT2D eigenvalue weighted by Gasteiger charge is -2.29. The molecule has 0 saturated heterocycles. The Kier molecular flexibility index (Phi) is 5.16. The first kappa shape index (κ1) is 14.9. The lowest BCUT2D eigenvalue weighted by Crippen LogP contribution is -2.10. The van der Waals surface area contributed by atoms with Gasteiger partial charge in [-0.2, -0.15) is 0 Å². The number of rotatable bonds is 3. The van der Waals surface area contributed by atoms with Crippen LogP contribution in [0.1, 0.15) is 48.5 Å². The molecule has 0 saturated carbocycles. The van der Waals surface area contributed by atoms with Gasteiger partial charge in [-0.15, -0.1) is 0 Å². The van der Waals surface area contributed by atoms with E-state index in [1.165, 1.54) is 0 Å². The highest BCUT2D eigenvalue weighted by Gasteiger charge is 2.32. The predicted octanol–water partition coefficient (Wildman–Crippen LogP) is 5.26. The van der Waals surface area contributed by atoms with Gasteiger partial charge < -0.3 is 4.57 Å². The Balaban J connectivity index is 4.59. The standard InChI is InChI=1S/C10H23OPS2/c1-8-12(11,13-9(2,3)4)14-10(5,6)7/h8H2,1-7H3. The Morgan fingerprint density at radius 2 is 1.21 bits per heavy atom. The topological polar surface area (TPSA) is 17.1 Å². The molecular formula is C10H23OPS2. The van der Waals surface area contributed by atoms with E-state index in [9.17, 15) is 4.57 Å².